The first kappa shape index (κ1) is 27.1. The van der Waals surface area contributed by atoms with Crippen LogP contribution in [0.4, 0.5) is 10.5 Å². The number of halogens is 2. The van der Waals surface area contributed by atoms with Crippen molar-refractivity contribution >= 4 is 63.8 Å². The van der Waals surface area contributed by atoms with E-state index in [0.717, 1.165) is 16.7 Å². The van der Waals surface area contributed by atoms with Crippen LogP contribution in [0.1, 0.15) is 16.7 Å². The van der Waals surface area contributed by atoms with E-state index in [0.29, 0.717) is 33.1 Å². The average Bonchev–Trinajstić information content (AvgIpc) is 3.16. The van der Waals surface area contributed by atoms with Crippen LogP contribution >= 0.6 is 35.0 Å². The molecule has 11 heteroatoms. The fourth-order valence-corrected chi connectivity index (χ4v) is 4.77. The van der Waals surface area contributed by atoms with Gasteiger partial charge in [-0.3, -0.25) is 19.3 Å². The first-order valence-electron chi connectivity index (χ1n) is 11.1. The van der Waals surface area contributed by atoms with Gasteiger partial charge >= 0.3 is 0 Å². The van der Waals surface area contributed by atoms with E-state index >= 15 is 0 Å². The van der Waals surface area contributed by atoms with Crippen molar-refractivity contribution in [2.75, 3.05) is 19.0 Å². The number of ether oxygens (including phenoxy) is 2. The fraction of sp³-hybridized carbons (Fsp3) is 0.111. The number of benzene rings is 3. The summed E-state index contributed by atoms with van der Waals surface area (Å²) in [5.41, 5.74) is 2.15. The van der Waals surface area contributed by atoms with Crippen molar-refractivity contribution in [3.63, 3.8) is 0 Å². The summed E-state index contributed by atoms with van der Waals surface area (Å²) < 4.78 is 11.3. The van der Waals surface area contributed by atoms with E-state index < -0.39 is 23.6 Å². The third-order valence-corrected chi connectivity index (χ3v) is 6.80. The summed E-state index contributed by atoms with van der Waals surface area (Å²) in [6, 6.07) is 18.8. The molecule has 1 saturated heterocycles. The average molecular weight is 568 g/mol. The molecule has 0 radical (unpaired) electrons. The van der Waals surface area contributed by atoms with Gasteiger partial charge in [0.15, 0.2) is 11.5 Å². The molecule has 0 aromatic heterocycles. The zero-order valence-corrected chi connectivity index (χ0v) is 22.2. The van der Waals surface area contributed by atoms with Crippen LogP contribution in [0.3, 0.4) is 0 Å². The molecule has 0 aliphatic carbocycles. The second kappa shape index (κ2) is 12.0. The highest BCUT2D eigenvalue weighted by atomic mass is 35.5. The number of carbonyl (C=O) groups is 3. The van der Waals surface area contributed by atoms with Gasteiger partial charge in [-0.05, 0) is 65.9 Å². The molecule has 0 bridgehead atoms. The molecule has 0 spiro atoms. The van der Waals surface area contributed by atoms with Crippen LogP contribution in [-0.4, -0.2) is 35.6 Å². The number of hydrogen-bond acceptors (Lipinski definition) is 7. The molecule has 3 amide bonds. The Hall–Kier alpha value is -3.97. The number of rotatable bonds is 8. The number of carbonyl (C=O) groups excluding carboxylic acids is 3. The lowest BCUT2D eigenvalue weighted by atomic mass is 10.1. The molecule has 3 aromatic carbocycles. The molecule has 1 heterocycles. The van der Waals surface area contributed by atoms with Gasteiger partial charge in [0.1, 0.15) is 13.2 Å². The molecule has 8 nitrogen and oxygen atoms in total. The number of nitrogens with zero attached hydrogens (tertiary/aromatic N) is 2. The van der Waals surface area contributed by atoms with Gasteiger partial charge in [-0.2, -0.15) is 5.26 Å². The lowest BCUT2D eigenvalue weighted by molar-refractivity contribution is -0.127. The number of nitrogens with one attached hydrogen (secondary N) is 1. The number of thioether (sulfide) groups is 1. The number of hydrogen-bond donors (Lipinski definition) is 1. The minimum Gasteiger partial charge on any atom is -0.493 e. The molecule has 38 heavy (non-hydrogen) atoms. The number of imide groups is 1. The topological polar surface area (TPSA) is 109 Å². The molecule has 4 rings (SSSR count). The first-order chi connectivity index (χ1) is 18.3. The van der Waals surface area contributed by atoms with Gasteiger partial charge in [0.2, 0.25) is 5.91 Å². The van der Waals surface area contributed by atoms with Crippen LogP contribution in [0, 0.1) is 11.3 Å². The molecule has 1 aliphatic heterocycles. The van der Waals surface area contributed by atoms with Crippen LogP contribution < -0.4 is 14.8 Å². The van der Waals surface area contributed by atoms with E-state index in [-0.39, 0.29) is 22.3 Å². The van der Waals surface area contributed by atoms with Gasteiger partial charge in [0, 0.05) is 16.3 Å². The summed E-state index contributed by atoms with van der Waals surface area (Å²) in [7, 11) is 1.44. The summed E-state index contributed by atoms with van der Waals surface area (Å²) in [4.78, 5) is 38.7. The molecule has 0 saturated carbocycles. The summed E-state index contributed by atoms with van der Waals surface area (Å²) >= 11 is 13.0. The van der Waals surface area contributed by atoms with E-state index in [1.54, 1.807) is 60.7 Å². The normalized spacial score (nSPS) is 13.9. The minimum atomic E-state index is -0.602. The van der Waals surface area contributed by atoms with Crippen molar-refractivity contribution < 1.29 is 23.9 Å². The first-order valence-corrected chi connectivity index (χ1v) is 12.7. The molecule has 0 atom stereocenters. The summed E-state index contributed by atoms with van der Waals surface area (Å²) in [5.74, 6) is -0.555. The van der Waals surface area contributed by atoms with Crippen molar-refractivity contribution in [2.45, 2.75) is 6.61 Å². The van der Waals surface area contributed by atoms with Crippen molar-refractivity contribution in [2.24, 2.45) is 0 Å². The molecule has 1 N–H and O–H groups in total. The SMILES string of the molecule is COc1cc(/C=C2\SC(=O)N(CC(=O)Nc3ccc(Cl)cc3)C2=O)cc(Cl)c1OCc1ccccc1C#N. The van der Waals surface area contributed by atoms with Crippen molar-refractivity contribution in [1.82, 2.24) is 4.90 Å². The lowest BCUT2D eigenvalue weighted by Gasteiger charge is -2.14. The Morgan fingerprint density at radius 2 is 1.87 bits per heavy atom. The summed E-state index contributed by atoms with van der Waals surface area (Å²) in [5, 5.41) is 12.1. The van der Waals surface area contributed by atoms with Crippen LogP contribution in [0.25, 0.3) is 6.08 Å². The maximum Gasteiger partial charge on any atom is 0.294 e. The van der Waals surface area contributed by atoms with E-state index in [1.807, 2.05) is 0 Å². The van der Waals surface area contributed by atoms with Crippen molar-refractivity contribution in [1.29, 1.82) is 5.26 Å². The smallest absolute Gasteiger partial charge is 0.294 e. The highest BCUT2D eigenvalue weighted by Gasteiger charge is 2.36. The zero-order valence-electron chi connectivity index (χ0n) is 19.9. The van der Waals surface area contributed by atoms with Gasteiger partial charge in [-0.1, -0.05) is 41.4 Å². The zero-order chi connectivity index (χ0) is 27.2. The number of methoxy groups -OCH3 is 1. The van der Waals surface area contributed by atoms with Gasteiger partial charge in [-0.15, -0.1) is 0 Å². The second-order valence-corrected chi connectivity index (χ2v) is 9.75. The molecule has 1 fully saturated rings. The maximum atomic E-state index is 12.9. The van der Waals surface area contributed by atoms with Gasteiger partial charge in [0.05, 0.1) is 28.7 Å². The summed E-state index contributed by atoms with van der Waals surface area (Å²) in [6.45, 7) is -0.345. The summed E-state index contributed by atoms with van der Waals surface area (Å²) in [6.07, 6.45) is 1.49. The van der Waals surface area contributed by atoms with Gasteiger partial charge < -0.3 is 14.8 Å². The predicted molar refractivity (Wildman–Crippen MR) is 146 cm³/mol. The van der Waals surface area contributed by atoms with Gasteiger partial charge in [0.25, 0.3) is 11.1 Å². The molecule has 0 unspecified atom stereocenters. The Bertz CT molecular complexity index is 1490. The third-order valence-electron chi connectivity index (χ3n) is 5.36. The lowest BCUT2D eigenvalue weighted by Crippen LogP contribution is -2.36. The van der Waals surface area contributed by atoms with Crippen molar-refractivity contribution in [3.8, 4) is 17.6 Å². The van der Waals surface area contributed by atoms with Crippen LogP contribution in [-0.2, 0) is 16.2 Å². The Balaban J connectivity index is 1.48. The molecular weight excluding hydrogens is 549 g/mol. The van der Waals surface area contributed by atoms with E-state index in [2.05, 4.69) is 11.4 Å². The molecule has 192 valence electrons. The Morgan fingerprint density at radius 3 is 2.58 bits per heavy atom. The standard InChI is InChI=1S/C27H19Cl2N3O5S/c1-36-22-11-16(10-21(29)25(22)37-15-18-5-3-2-4-17(18)13-30)12-23-26(34)32(27(35)38-23)14-24(33)31-20-8-6-19(28)7-9-20/h2-12H,14-15H2,1H3,(H,31,33)/b23-12-. The van der Waals surface area contributed by atoms with Crippen LogP contribution in [0.15, 0.2) is 65.6 Å². The van der Waals surface area contributed by atoms with E-state index in [4.69, 9.17) is 32.7 Å². The number of amides is 3. The fourth-order valence-electron chi connectivity index (χ4n) is 3.53. The number of anilines is 1. The monoisotopic (exact) mass is 567 g/mol. The number of nitriles is 1. The van der Waals surface area contributed by atoms with Crippen molar-refractivity contribution in [3.05, 3.63) is 92.3 Å². The molecular formula is C27H19Cl2N3O5S. The molecule has 1 aliphatic rings. The van der Waals surface area contributed by atoms with Crippen LogP contribution in [0.5, 0.6) is 11.5 Å². The van der Waals surface area contributed by atoms with E-state index in [9.17, 15) is 19.6 Å². The largest absolute Gasteiger partial charge is 0.493 e. The van der Waals surface area contributed by atoms with E-state index in [1.165, 1.54) is 13.2 Å². The Labute approximate surface area is 232 Å². The highest BCUT2D eigenvalue weighted by molar-refractivity contribution is 8.18. The maximum absolute atomic E-state index is 12.9. The Morgan fingerprint density at radius 1 is 1.13 bits per heavy atom. The Kier molecular flexibility index (Phi) is 8.59. The molecule has 3 aromatic rings. The minimum absolute atomic E-state index is 0.0934. The van der Waals surface area contributed by atoms with Gasteiger partial charge in [-0.25, -0.2) is 0 Å². The van der Waals surface area contributed by atoms with Crippen LogP contribution in [0.2, 0.25) is 10.0 Å². The predicted octanol–water partition coefficient (Wildman–Crippen LogP) is 6.13. The quantitative estimate of drug-likeness (QED) is 0.326. The highest BCUT2D eigenvalue weighted by Crippen LogP contribution is 2.39. The third kappa shape index (κ3) is 6.29. The second-order valence-electron chi connectivity index (χ2n) is 7.91.